The van der Waals surface area contributed by atoms with Crippen molar-refractivity contribution in [1.82, 2.24) is 4.40 Å². The molecule has 4 aromatic heterocycles. The van der Waals surface area contributed by atoms with Crippen molar-refractivity contribution < 1.29 is 13.4 Å². The predicted molar refractivity (Wildman–Crippen MR) is 133 cm³/mol. The molecule has 4 aromatic carbocycles. The summed E-state index contributed by atoms with van der Waals surface area (Å²) in [6.45, 7) is 2.20. The number of pyridine rings is 1. The molecule has 4 nitrogen and oxygen atoms in total. The van der Waals surface area contributed by atoms with Gasteiger partial charge in [-0.3, -0.25) is 0 Å². The van der Waals surface area contributed by atoms with Crippen LogP contribution in [0, 0.1) is 6.92 Å². The van der Waals surface area contributed by atoms with E-state index in [2.05, 4.69) is 89.7 Å². The first-order chi connectivity index (χ1) is 16.2. The summed E-state index contributed by atoms with van der Waals surface area (Å²) < 4.78 is 17.1. The largest absolute Gasteiger partial charge is 0.425 e. The number of furan rings is 2. The highest BCUT2D eigenvalue weighted by Crippen LogP contribution is 2.42. The number of aryl methyl sites for hydroxylation is 2. The van der Waals surface area contributed by atoms with Crippen LogP contribution < -0.4 is 4.57 Å². The van der Waals surface area contributed by atoms with E-state index < -0.39 is 0 Å². The smallest absolute Gasteiger partial charge is 0.299 e. The second-order valence-electron chi connectivity index (χ2n) is 8.90. The molecule has 0 N–H and O–H groups in total. The molecular formula is C29H19N2O2+. The normalized spacial score (nSPS) is 12.5. The van der Waals surface area contributed by atoms with Crippen LogP contribution in [0.4, 0.5) is 0 Å². The van der Waals surface area contributed by atoms with Crippen LogP contribution in [0.3, 0.4) is 0 Å². The SMILES string of the molecule is Cc1cccc2c3ccccc3n3c4c5c(ccc4[n+](C)c3c12)oc1oc2ccccc2c15. The van der Waals surface area contributed by atoms with Crippen molar-refractivity contribution >= 4 is 71.5 Å². The third kappa shape index (κ3) is 1.95. The second-order valence-corrected chi connectivity index (χ2v) is 8.90. The summed E-state index contributed by atoms with van der Waals surface area (Å²) >= 11 is 0. The van der Waals surface area contributed by atoms with Gasteiger partial charge in [0.25, 0.3) is 11.4 Å². The summed E-state index contributed by atoms with van der Waals surface area (Å²) in [4.78, 5) is 0. The summed E-state index contributed by atoms with van der Waals surface area (Å²) in [6, 6.07) is 27.7. The highest BCUT2D eigenvalue weighted by atomic mass is 16.5. The van der Waals surface area contributed by atoms with E-state index in [9.17, 15) is 0 Å². The molecule has 0 aliphatic heterocycles. The first kappa shape index (κ1) is 17.3. The molecule has 0 atom stereocenters. The molecule has 0 bridgehead atoms. The molecule has 0 aliphatic rings. The third-order valence-corrected chi connectivity index (χ3v) is 7.18. The molecule has 156 valence electrons. The first-order valence-electron chi connectivity index (χ1n) is 11.2. The Kier molecular flexibility index (Phi) is 3.00. The van der Waals surface area contributed by atoms with Crippen molar-refractivity contribution in [3.8, 4) is 0 Å². The van der Waals surface area contributed by atoms with Gasteiger partial charge in [-0.2, -0.15) is 4.40 Å². The molecule has 0 saturated carbocycles. The van der Waals surface area contributed by atoms with E-state index in [4.69, 9.17) is 8.83 Å². The van der Waals surface area contributed by atoms with E-state index >= 15 is 0 Å². The van der Waals surface area contributed by atoms with Crippen molar-refractivity contribution in [3.63, 3.8) is 0 Å². The van der Waals surface area contributed by atoms with Gasteiger partial charge >= 0.3 is 0 Å². The van der Waals surface area contributed by atoms with Crippen molar-refractivity contribution in [1.29, 1.82) is 0 Å². The van der Waals surface area contributed by atoms with Crippen molar-refractivity contribution in [2.75, 3.05) is 0 Å². The molecule has 4 heteroatoms. The maximum Gasteiger partial charge on any atom is 0.299 e. The van der Waals surface area contributed by atoms with Gasteiger partial charge in [-0.1, -0.05) is 54.6 Å². The van der Waals surface area contributed by atoms with Crippen LogP contribution in [0.15, 0.2) is 87.7 Å². The Bertz CT molecular complexity index is 2100. The van der Waals surface area contributed by atoms with Crippen molar-refractivity contribution in [2.45, 2.75) is 6.92 Å². The minimum absolute atomic E-state index is 0.581. The lowest BCUT2D eigenvalue weighted by molar-refractivity contribution is -0.617. The number of hydrogen-bond donors (Lipinski definition) is 0. The van der Waals surface area contributed by atoms with Crippen LogP contribution in [0.1, 0.15) is 5.56 Å². The lowest BCUT2D eigenvalue weighted by Gasteiger charge is -2.06. The van der Waals surface area contributed by atoms with Crippen LogP contribution in [-0.2, 0) is 7.05 Å². The number of rotatable bonds is 0. The highest BCUT2D eigenvalue weighted by molar-refractivity contribution is 6.25. The number of fused-ring (bicyclic) bond motifs is 14. The van der Waals surface area contributed by atoms with Gasteiger partial charge in [0.1, 0.15) is 16.7 Å². The Morgan fingerprint density at radius 1 is 0.667 bits per heavy atom. The monoisotopic (exact) mass is 427 g/mol. The number of nitrogens with zero attached hydrogens (tertiary/aromatic N) is 2. The maximum absolute atomic E-state index is 6.24. The molecule has 4 heterocycles. The van der Waals surface area contributed by atoms with E-state index in [1.807, 2.05) is 12.1 Å². The van der Waals surface area contributed by atoms with Crippen LogP contribution in [0.2, 0.25) is 0 Å². The quantitative estimate of drug-likeness (QED) is 0.190. The number of para-hydroxylation sites is 2. The standard InChI is InChI=1S/C29H19N2O2/c1-16-8-7-11-18-17-9-3-5-12-20(17)31-27-21(30(2)28(31)24(16)18)14-15-23-26(27)25-19-10-4-6-13-22(19)32-29(25)33-23/h3-15H,1-2H3/q+1. The van der Waals surface area contributed by atoms with Gasteiger partial charge in [-0.05, 0) is 36.8 Å². The van der Waals surface area contributed by atoms with Gasteiger partial charge in [0.05, 0.1) is 23.2 Å². The van der Waals surface area contributed by atoms with Gasteiger partial charge in [-0.15, -0.1) is 0 Å². The zero-order valence-electron chi connectivity index (χ0n) is 18.2. The van der Waals surface area contributed by atoms with Crippen molar-refractivity contribution in [2.24, 2.45) is 7.05 Å². The first-order valence-corrected chi connectivity index (χ1v) is 11.2. The van der Waals surface area contributed by atoms with Gasteiger partial charge in [0.2, 0.25) is 0 Å². The number of aromatic nitrogens is 2. The average molecular weight is 427 g/mol. The summed E-state index contributed by atoms with van der Waals surface area (Å²) in [5.74, 6) is 0.581. The van der Waals surface area contributed by atoms with Gasteiger partial charge in [-0.25, -0.2) is 4.57 Å². The topological polar surface area (TPSA) is 34.6 Å². The lowest BCUT2D eigenvalue weighted by Crippen LogP contribution is -2.27. The Labute approximate surface area is 187 Å². The molecule has 8 aromatic rings. The van der Waals surface area contributed by atoms with Crippen LogP contribution in [0.25, 0.3) is 71.5 Å². The molecule has 0 spiro atoms. The zero-order chi connectivity index (χ0) is 21.8. The van der Waals surface area contributed by atoms with E-state index in [0.717, 1.165) is 38.4 Å². The molecular weight excluding hydrogens is 408 g/mol. The fourth-order valence-corrected chi connectivity index (χ4v) is 5.79. The highest BCUT2D eigenvalue weighted by Gasteiger charge is 2.29. The van der Waals surface area contributed by atoms with Gasteiger partial charge in [0, 0.05) is 16.2 Å². The van der Waals surface area contributed by atoms with Crippen LogP contribution in [0.5, 0.6) is 0 Å². The summed E-state index contributed by atoms with van der Waals surface area (Å²) in [7, 11) is 2.16. The fourth-order valence-electron chi connectivity index (χ4n) is 5.79. The molecule has 0 aliphatic carbocycles. The summed E-state index contributed by atoms with van der Waals surface area (Å²) in [5, 5.41) is 7.02. The molecule has 8 rings (SSSR count). The van der Waals surface area contributed by atoms with Crippen LogP contribution >= 0.6 is 0 Å². The summed E-state index contributed by atoms with van der Waals surface area (Å²) in [5.41, 5.74) is 7.65. The Hall–Kier alpha value is -4.31. The van der Waals surface area contributed by atoms with E-state index in [1.165, 1.54) is 32.9 Å². The second kappa shape index (κ2) is 5.73. The minimum Gasteiger partial charge on any atom is -0.425 e. The average Bonchev–Trinajstić information content (AvgIpc) is 3.47. The molecule has 0 radical (unpaired) electrons. The number of hydrogen-bond acceptors (Lipinski definition) is 2. The Balaban J connectivity index is 1.79. The van der Waals surface area contributed by atoms with Gasteiger partial charge in [0.15, 0.2) is 11.0 Å². The minimum atomic E-state index is 0.581. The molecule has 0 amide bonds. The van der Waals surface area contributed by atoms with Crippen LogP contribution in [-0.4, -0.2) is 4.40 Å². The van der Waals surface area contributed by atoms with E-state index in [-0.39, 0.29) is 0 Å². The molecule has 0 unspecified atom stereocenters. The van der Waals surface area contributed by atoms with E-state index in [0.29, 0.717) is 5.78 Å². The molecule has 0 saturated heterocycles. The third-order valence-electron chi connectivity index (χ3n) is 7.18. The summed E-state index contributed by atoms with van der Waals surface area (Å²) in [6.07, 6.45) is 0. The Morgan fingerprint density at radius 2 is 1.42 bits per heavy atom. The number of imidazole rings is 1. The van der Waals surface area contributed by atoms with Gasteiger partial charge < -0.3 is 8.83 Å². The fraction of sp³-hybridized carbons (Fsp3) is 0.0690. The predicted octanol–water partition coefficient (Wildman–Crippen LogP) is 7.18. The zero-order valence-corrected chi connectivity index (χ0v) is 18.2. The van der Waals surface area contributed by atoms with E-state index in [1.54, 1.807) is 0 Å². The van der Waals surface area contributed by atoms with Crippen molar-refractivity contribution in [3.05, 3.63) is 84.4 Å². The maximum atomic E-state index is 6.24. The number of benzene rings is 4. The lowest BCUT2D eigenvalue weighted by atomic mass is 10.0. The Morgan fingerprint density at radius 3 is 2.33 bits per heavy atom. The molecule has 33 heavy (non-hydrogen) atoms. The molecule has 0 fully saturated rings.